The van der Waals surface area contributed by atoms with Crippen molar-refractivity contribution in [3.05, 3.63) is 0 Å². The summed E-state index contributed by atoms with van der Waals surface area (Å²) in [5, 5.41) is 0. The molecule has 1 rings (SSSR count). The van der Waals surface area contributed by atoms with Crippen molar-refractivity contribution in [2.75, 3.05) is 19.6 Å². The van der Waals surface area contributed by atoms with Crippen molar-refractivity contribution in [3.63, 3.8) is 0 Å². The van der Waals surface area contributed by atoms with Gasteiger partial charge < -0.3 is 10.6 Å². The van der Waals surface area contributed by atoms with E-state index in [9.17, 15) is 4.79 Å². The van der Waals surface area contributed by atoms with Crippen LogP contribution in [-0.2, 0) is 4.79 Å². The van der Waals surface area contributed by atoms with E-state index in [4.69, 9.17) is 5.73 Å². The molecule has 72 valence electrons. The molecule has 12 heavy (non-hydrogen) atoms. The molecule has 0 saturated carbocycles. The number of amides is 1. The lowest BCUT2D eigenvalue weighted by Gasteiger charge is -2.12. The summed E-state index contributed by atoms with van der Waals surface area (Å²) in [4.78, 5) is 12.7. The van der Waals surface area contributed by atoms with Crippen molar-refractivity contribution in [1.82, 2.24) is 4.90 Å². The summed E-state index contributed by atoms with van der Waals surface area (Å²) >= 11 is 0. The highest BCUT2D eigenvalue weighted by Gasteiger charge is 2.22. The Morgan fingerprint density at radius 2 is 2.17 bits per heavy atom. The minimum absolute atomic E-state index is 0.177. The lowest BCUT2D eigenvalue weighted by atomic mass is 10.1. The third-order valence-electron chi connectivity index (χ3n) is 2.06. The number of likely N-dealkylation sites (tertiary alicyclic amines) is 1. The fraction of sp³-hybridized carbons (Fsp3) is 0.889. The van der Waals surface area contributed by atoms with E-state index in [2.05, 4.69) is 0 Å². The van der Waals surface area contributed by atoms with Crippen LogP contribution in [0.3, 0.4) is 0 Å². The van der Waals surface area contributed by atoms with E-state index in [-0.39, 0.29) is 5.91 Å². The minimum Gasteiger partial charge on any atom is -0.343 e. The van der Waals surface area contributed by atoms with Crippen molar-refractivity contribution < 1.29 is 4.79 Å². The topological polar surface area (TPSA) is 46.3 Å². The highest BCUT2D eigenvalue weighted by Crippen LogP contribution is 2.13. The monoisotopic (exact) mass is 172 g/mol. The van der Waals surface area contributed by atoms with E-state index in [1.807, 2.05) is 18.7 Å². The number of rotatable bonds is 1. The van der Waals surface area contributed by atoms with Gasteiger partial charge in [0, 0.05) is 20.0 Å². The minimum atomic E-state index is 0.177. The molecule has 0 aromatic rings. The van der Waals surface area contributed by atoms with E-state index in [0.29, 0.717) is 12.5 Å². The summed E-state index contributed by atoms with van der Waals surface area (Å²) in [6.07, 6.45) is 1.08. The second-order valence-corrected chi connectivity index (χ2v) is 2.86. The Morgan fingerprint density at radius 1 is 1.58 bits per heavy atom. The predicted octanol–water partition coefficient (Wildman–Crippen LogP) is 0.840. The maximum absolute atomic E-state index is 10.8. The Balaban J connectivity index is 0.000000561. The molecular weight excluding hydrogens is 152 g/mol. The standard InChI is InChI=1S/C7H14N2O.C2H6/c1-6(10)9-3-2-7(4-8)5-9;1-2/h7H,2-5,8H2,1H3;1-2H3. The Bertz CT molecular complexity index is 136. The van der Waals surface area contributed by atoms with Crippen LogP contribution in [0.4, 0.5) is 0 Å². The molecule has 0 spiro atoms. The van der Waals surface area contributed by atoms with Crippen molar-refractivity contribution >= 4 is 5.91 Å². The van der Waals surface area contributed by atoms with Crippen LogP contribution < -0.4 is 5.73 Å². The van der Waals surface area contributed by atoms with Crippen molar-refractivity contribution in [3.8, 4) is 0 Å². The number of hydrogen-bond donors (Lipinski definition) is 1. The van der Waals surface area contributed by atoms with Gasteiger partial charge in [0.2, 0.25) is 5.91 Å². The normalized spacial score (nSPS) is 21.7. The van der Waals surface area contributed by atoms with E-state index in [1.54, 1.807) is 6.92 Å². The van der Waals surface area contributed by atoms with Gasteiger partial charge in [0.05, 0.1) is 0 Å². The fourth-order valence-corrected chi connectivity index (χ4v) is 1.31. The molecule has 1 amide bonds. The lowest BCUT2D eigenvalue weighted by molar-refractivity contribution is -0.127. The van der Waals surface area contributed by atoms with Gasteiger partial charge in [-0.15, -0.1) is 0 Å². The maximum atomic E-state index is 10.8. The van der Waals surface area contributed by atoms with Gasteiger partial charge >= 0.3 is 0 Å². The van der Waals surface area contributed by atoms with Gasteiger partial charge in [0.25, 0.3) is 0 Å². The molecule has 1 unspecified atom stereocenters. The van der Waals surface area contributed by atoms with E-state index < -0.39 is 0 Å². The molecule has 1 heterocycles. The summed E-state index contributed by atoms with van der Waals surface area (Å²) in [6.45, 7) is 8.09. The zero-order valence-electron chi connectivity index (χ0n) is 8.34. The summed E-state index contributed by atoms with van der Waals surface area (Å²) in [5.41, 5.74) is 5.46. The van der Waals surface area contributed by atoms with E-state index in [0.717, 1.165) is 19.5 Å². The van der Waals surface area contributed by atoms with Gasteiger partial charge in [-0.2, -0.15) is 0 Å². The first-order valence-electron chi connectivity index (χ1n) is 4.69. The Morgan fingerprint density at radius 3 is 2.42 bits per heavy atom. The van der Waals surface area contributed by atoms with Crippen LogP contribution >= 0.6 is 0 Å². The van der Waals surface area contributed by atoms with Gasteiger partial charge in [-0.05, 0) is 18.9 Å². The highest BCUT2D eigenvalue weighted by molar-refractivity contribution is 5.73. The second kappa shape index (κ2) is 6.00. The molecule has 1 aliphatic rings. The lowest BCUT2D eigenvalue weighted by Crippen LogP contribution is -2.27. The third kappa shape index (κ3) is 3.22. The van der Waals surface area contributed by atoms with Crippen LogP contribution in [0.1, 0.15) is 27.2 Å². The van der Waals surface area contributed by atoms with Crippen LogP contribution in [0.5, 0.6) is 0 Å². The average molecular weight is 172 g/mol. The number of hydrogen-bond acceptors (Lipinski definition) is 2. The summed E-state index contributed by atoms with van der Waals surface area (Å²) in [5.74, 6) is 0.722. The van der Waals surface area contributed by atoms with Gasteiger partial charge in [-0.1, -0.05) is 13.8 Å². The third-order valence-corrected chi connectivity index (χ3v) is 2.06. The Kier molecular flexibility index (Phi) is 5.72. The van der Waals surface area contributed by atoms with Crippen molar-refractivity contribution in [2.45, 2.75) is 27.2 Å². The molecule has 2 N–H and O–H groups in total. The molecule has 0 bridgehead atoms. The molecule has 1 aliphatic heterocycles. The van der Waals surface area contributed by atoms with Crippen LogP contribution in [0.25, 0.3) is 0 Å². The first-order chi connectivity index (χ1) is 5.74. The molecular formula is C9H20N2O. The molecule has 1 saturated heterocycles. The zero-order chi connectivity index (χ0) is 9.56. The smallest absolute Gasteiger partial charge is 0.219 e. The van der Waals surface area contributed by atoms with Gasteiger partial charge in [-0.3, -0.25) is 4.79 Å². The number of carbonyl (C=O) groups excluding carboxylic acids is 1. The van der Waals surface area contributed by atoms with E-state index in [1.165, 1.54) is 0 Å². The maximum Gasteiger partial charge on any atom is 0.219 e. The molecule has 1 fully saturated rings. The molecule has 3 heteroatoms. The zero-order valence-corrected chi connectivity index (χ0v) is 8.34. The average Bonchev–Trinajstić information content (AvgIpc) is 2.55. The Labute approximate surface area is 74.9 Å². The van der Waals surface area contributed by atoms with Crippen LogP contribution in [-0.4, -0.2) is 30.4 Å². The highest BCUT2D eigenvalue weighted by atomic mass is 16.2. The number of carbonyl (C=O) groups is 1. The van der Waals surface area contributed by atoms with Crippen LogP contribution in [0.15, 0.2) is 0 Å². The number of nitrogens with zero attached hydrogens (tertiary/aromatic N) is 1. The summed E-state index contributed by atoms with van der Waals surface area (Å²) in [7, 11) is 0. The summed E-state index contributed by atoms with van der Waals surface area (Å²) in [6, 6.07) is 0. The van der Waals surface area contributed by atoms with Crippen molar-refractivity contribution in [2.24, 2.45) is 11.7 Å². The van der Waals surface area contributed by atoms with E-state index >= 15 is 0 Å². The summed E-state index contributed by atoms with van der Waals surface area (Å²) < 4.78 is 0. The van der Waals surface area contributed by atoms with Gasteiger partial charge in [0.15, 0.2) is 0 Å². The first-order valence-corrected chi connectivity index (χ1v) is 4.69. The molecule has 3 nitrogen and oxygen atoms in total. The quantitative estimate of drug-likeness (QED) is 0.637. The largest absolute Gasteiger partial charge is 0.343 e. The van der Waals surface area contributed by atoms with Crippen LogP contribution in [0, 0.1) is 5.92 Å². The van der Waals surface area contributed by atoms with Crippen molar-refractivity contribution in [1.29, 1.82) is 0 Å². The molecule has 1 atom stereocenters. The fourth-order valence-electron chi connectivity index (χ4n) is 1.31. The van der Waals surface area contributed by atoms with Gasteiger partial charge in [0.1, 0.15) is 0 Å². The Hall–Kier alpha value is -0.570. The number of nitrogens with two attached hydrogens (primary N) is 1. The second-order valence-electron chi connectivity index (χ2n) is 2.86. The predicted molar refractivity (Wildman–Crippen MR) is 50.8 cm³/mol. The molecule has 0 radical (unpaired) electrons. The van der Waals surface area contributed by atoms with Crippen LogP contribution in [0.2, 0.25) is 0 Å². The molecule has 0 aromatic carbocycles. The first kappa shape index (κ1) is 11.4. The molecule has 0 aromatic heterocycles. The van der Waals surface area contributed by atoms with Gasteiger partial charge in [-0.25, -0.2) is 0 Å². The SMILES string of the molecule is CC.CC(=O)N1CCC(CN)C1. The molecule has 0 aliphatic carbocycles.